The predicted octanol–water partition coefficient (Wildman–Crippen LogP) is 0.985. The minimum Gasteiger partial charge on any atom is -0.478 e. The topological polar surface area (TPSA) is 89.4 Å². The number of hydrogen-bond donors (Lipinski definition) is 2. The Bertz CT molecular complexity index is 490. The van der Waals surface area contributed by atoms with Gasteiger partial charge in [-0.1, -0.05) is 11.2 Å². The van der Waals surface area contributed by atoms with Crippen molar-refractivity contribution in [3.8, 4) is 0 Å². The van der Waals surface area contributed by atoms with E-state index in [9.17, 15) is 4.79 Å². The fraction of sp³-hybridized carbons (Fsp3) is 0.111. The van der Waals surface area contributed by atoms with Gasteiger partial charge in [0, 0.05) is 6.54 Å². The minimum atomic E-state index is -1.01. The molecular weight excluding hydrogens is 184 g/mol. The lowest BCUT2D eigenvalue weighted by Crippen LogP contribution is -2.01. The van der Waals surface area contributed by atoms with Crippen LogP contribution in [0.15, 0.2) is 22.7 Å². The van der Waals surface area contributed by atoms with Crippen LogP contribution in [-0.2, 0) is 6.54 Å². The van der Waals surface area contributed by atoms with Crippen molar-refractivity contribution in [2.75, 3.05) is 0 Å². The molecule has 1 aromatic carbocycles. The molecule has 14 heavy (non-hydrogen) atoms. The summed E-state index contributed by atoms with van der Waals surface area (Å²) in [7, 11) is 0. The molecule has 72 valence electrons. The van der Waals surface area contributed by atoms with E-state index in [2.05, 4.69) is 5.16 Å². The number of aromatic nitrogens is 1. The standard InChI is InChI=1S/C9H8N2O3/c10-4-6-8-5(9(12)13)2-1-3-7(8)14-11-6/h1-3H,4,10H2,(H,12,13). The first-order valence-electron chi connectivity index (χ1n) is 4.04. The average Bonchev–Trinajstić information content (AvgIpc) is 2.59. The molecule has 5 nitrogen and oxygen atoms in total. The normalized spacial score (nSPS) is 10.6. The van der Waals surface area contributed by atoms with Crippen LogP contribution in [0.5, 0.6) is 0 Å². The predicted molar refractivity (Wildman–Crippen MR) is 48.9 cm³/mol. The van der Waals surface area contributed by atoms with Crippen molar-refractivity contribution in [1.82, 2.24) is 5.16 Å². The van der Waals surface area contributed by atoms with Gasteiger partial charge < -0.3 is 15.4 Å². The summed E-state index contributed by atoms with van der Waals surface area (Å²) in [6.45, 7) is 0.164. The number of benzene rings is 1. The Morgan fingerprint density at radius 2 is 2.36 bits per heavy atom. The highest BCUT2D eigenvalue weighted by atomic mass is 16.5. The van der Waals surface area contributed by atoms with Gasteiger partial charge in [0.05, 0.1) is 10.9 Å². The summed E-state index contributed by atoms with van der Waals surface area (Å²) < 4.78 is 4.94. The molecule has 0 aliphatic rings. The van der Waals surface area contributed by atoms with Gasteiger partial charge in [-0.15, -0.1) is 0 Å². The zero-order valence-corrected chi connectivity index (χ0v) is 7.23. The molecule has 0 aliphatic heterocycles. The Hall–Kier alpha value is -1.88. The van der Waals surface area contributed by atoms with Crippen molar-refractivity contribution in [2.45, 2.75) is 6.54 Å². The number of carboxylic acid groups (broad SMARTS) is 1. The zero-order chi connectivity index (χ0) is 10.1. The van der Waals surface area contributed by atoms with Crippen LogP contribution in [0.3, 0.4) is 0 Å². The smallest absolute Gasteiger partial charge is 0.336 e. The van der Waals surface area contributed by atoms with Crippen molar-refractivity contribution >= 4 is 16.9 Å². The summed E-state index contributed by atoms with van der Waals surface area (Å²) in [5.74, 6) is -1.01. The van der Waals surface area contributed by atoms with Crippen LogP contribution in [0.1, 0.15) is 16.1 Å². The van der Waals surface area contributed by atoms with Crippen LogP contribution in [-0.4, -0.2) is 16.2 Å². The first-order chi connectivity index (χ1) is 6.74. The van der Waals surface area contributed by atoms with Crippen LogP contribution < -0.4 is 5.73 Å². The van der Waals surface area contributed by atoms with E-state index >= 15 is 0 Å². The number of aromatic carboxylic acids is 1. The molecule has 0 aliphatic carbocycles. The molecule has 0 amide bonds. The van der Waals surface area contributed by atoms with Crippen molar-refractivity contribution in [3.05, 3.63) is 29.5 Å². The number of nitrogens with zero attached hydrogens (tertiary/aromatic N) is 1. The van der Waals surface area contributed by atoms with E-state index in [0.717, 1.165) is 0 Å². The highest BCUT2D eigenvalue weighted by Crippen LogP contribution is 2.22. The fourth-order valence-electron chi connectivity index (χ4n) is 1.37. The highest BCUT2D eigenvalue weighted by Gasteiger charge is 2.15. The SMILES string of the molecule is NCc1noc2cccc(C(=O)O)c12. The average molecular weight is 192 g/mol. The molecule has 0 fully saturated rings. The van der Waals surface area contributed by atoms with Gasteiger partial charge in [0.25, 0.3) is 0 Å². The van der Waals surface area contributed by atoms with Crippen molar-refractivity contribution in [2.24, 2.45) is 5.73 Å². The van der Waals surface area contributed by atoms with Gasteiger partial charge in [-0.25, -0.2) is 4.79 Å². The third-order valence-electron chi connectivity index (χ3n) is 1.99. The number of rotatable bonds is 2. The lowest BCUT2D eigenvalue weighted by molar-refractivity contribution is 0.0699. The maximum Gasteiger partial charge on any atom is 0.336 e. The van der Waals surface area contributed by atoms with Crippen LogP contribution in [0.25, 0.3) is 11.0 Å². The molecule has 2 rings (SSSR count). The number of carboxylic acids is 1. The monoisotopic (exact) mass is 192 g/mol. The lowest BCUT2D eigenvalue weighted by atomic mass is 10.1. The maximum absolute atomic E-state index is 10.9. The molecule has 0 saturated carbocycles. The largest absolute Gasteiger partial charge is 0.478 e. The summed E-state index contributed by atoms with van der Waals surface area (Å²) in [4.78, 5) is 10.9. The van der Waals surface area contributed by atoms with Gasteiger partial charge in [-0.05, 0) is 12.1 Å². The maximum atomic E-state index is 10.9. The minimum absolute atomic E-state index is 0.164. The Kier molecular flexibility index (Phi) is 1.94. The van der Waals surface area contributed by atoms with Crippen molar-refractivity contribution < 1.29 is 14.4 Å². The van der Waals surface area contributed by atoms with E-state index in [4.69, 9.17) is 15.4 Å². The third-order valence-corrected chi connectivity index (χ3v) is 1.99. The summed E-state index contributed by atoms with van der Waals surface area (Å²) in [6, 6.07) is 4.77. The van der Waals surface area contributed by atoms with Crippen LogP contribution in [0, 0.1) is 0 Å². The number of fused-ring (bicyclic) bond motifs is 1. The second-order valence-corrected chi connectivity index (χ2v) is 2.82. The molecule has 3 N–H and O–H groups in total. The van der Waals surface area contributed by atoms with Crippen LogP contribution in [0.4, 0.5) is 0 Å². The van der Waals surface area contributed by atoms with Crippen LogP contribution in [0.2, 0.25) is 0 Å². The van der Waals surface area contributed by atoms with Gasteiger partial charge in [0.2, 0.25) is 0 Å². The van der Waals surface area contributed by atoms with Gasteiger partial charge in [-0.2, -0.15) is 0 Å². The van der Waals surface area contributed by atoms with Gasteiger partial charge in [0.1, 0.15) is 5.69 Å². The molecular formula is C9H8N2O3. The van der Waals surface area contributed by atoms with E-state index in [-0.39, 0.29) is 12.1 Å². The Morgan fingerprint density at radius 3 is 3.00 bits per heavy atom. The number of carbonyl (C=O) groups is 1. The van der Waals surface area contributed by atoms with Crippen molar-refractivity contribution in [1.29, 1.82) is 0 Å². The van der Waals surface area contributed by atoms with E-state index in [1.54, 1.807) is 12.1 Å². The van der Waals surface area contributed by atoms with Gasteiger partial charge >= 0.3 is 5.97 Å². The molecule has 0 saturated heterocycles. The van der Waals surface area contributed by atoms with E-state index in [1.807, 2.05) is 0 Å². The van der Waals surface area contributed by atoms with E-state index in [1.165, 1.54) is 6.07 Å². The summed E-state index contributed by atoms with van der Waals surface area (Å²) in [5.41, 5.74) is 6.50. The van der Waals surface area contributed by atoms with Gasteiger partial charge in [-0.3, -0.25) is 0 Å². The zero-order valence-electron chi connectivity index (χ0n) is 7.23. The molecule has 5 heteroatoms. The first-order valence-corrected chi connectivity index (χ1v) is 4.04. The molecule has 0 bridgehead atoms. The second kappa shape index (κ2) is 3.12. The van der Waals surface area contributed by atoms with Crippen LogP contribution >= 0.6 is 0 Å². The third kappa shape index (κ3) is 1.14. The summed E-state index contributed by atoms with van der Waals surface area (Å²) in [5, 5.41) is 13.1. The Morgan fingerprint density at radius 1 is 1.57 bits per heavy atom. The summed E-state index contributed by atoms with van der Waals surface area (Å²) >= 11 is 0. The molecule has 2 aromatic rings. The summed E-state index contributed by atoms with van der Waals surface area (Å²) in [6.07, 6.45) is 0. The highest BCUT2D eigenvalue weighted by molar-refractivity contribution is 6.03. The Labute approximate surface area is 79.1 Å². The molecule has 0 unspecified atom stereocenters. The molecule has 0 radical (unpaired) electrons. The van der Waals surface area contributed by atoms with E-state index < -0.39 is 5.97 Å². The molecule has 0 atom stereocenters. The number of hydrogen-bond acceptors (Lipinski definition) is 4. The molecule has 1 aromatic heterocycles. The molecule has 0 spiro atoms. The fourth-order valence-corrected chi connectivity index (χ4v) is 1.37. The van der Waals surface area contributed by atoms with E-state index in [0.29, 0.717) is 16.7 Å². The quantitative estimate of drug-likeness (QED) is 0.740. The number of nitrogens with two attached hydrogens (primary N) is 1. The van der Waals surface area contributed by atoms with Gasteiger partial charge in [0.15, 0.2) is 5.58 Å². The Balaban J connectivity index is 2.81. The first kappa shape index (κ1) is 8.71. The van der Waals surface area contributed by atoms with Crippen molar-refractivity contribution in [3.63, 3.8) is 0 Å². The lowest BCUT2D eigenvalue weighted by Gasteiger charge is -1.96. The molecule has 1 heterocycles. The second-order valence-electron chi connectivity index (χ2n) is 2.82.